The van der Waals surface area contributed by atoms with Gasteiger partial charge in [-0.25, -0.2) is 9.37 Å². The van der Waals surface area contributed by atoms with Crippen LogP contribution in [0.5, 0.6) is 0 Å². The minimum atomic E-state index is -0.474. The quantitative estimate of drug-likeness (QED) is 0.866. The summed E-state index contributed by atoms with van der Waals surface area (Å²) in [5, 5.41) is 5.73. The SMILES string of the molecule is Cc1nc(CNC(=O)[C@H]2CSCN2C(=O)Cc2ccc(F)cc2)cs1. The zero-order valence-electron chi connectivity index (χ0n) is 13.7. The first kappa shape index (κ1) is 17.9. The van der Waals surface area contributed by atoms with Gasteiger partial charge < -0.3 is 10.2 Å². The number of aromatic nitrogens is 1. The Kier molecular flexibility index (Phi) is 5.70. The number of thioether (sulfide) groups is 1. The second-order valence-corrected chi connectivity index (χ2v) is 7.82. The minimum Gasteiger partial charge on any atom is -0.349 e. The second-order valence-electron chi connectivity index (χ2n) is 5.76. The summed E-state index contributed by atoms with van der Waals surface area (Å²) >= 11 is 3.09. The molecule has 1 aliphatic heterocycles. The monoisotopic (exact) mass is 379 g/mol. The molecule has 2 aromatic rings. The molecule has 3 rings (SSSR count). The number of hydrogen-bond acceptors (Lipinski definition) is 5. The molecule has 2 heterocycles. The molecule has 1 N–H and O–H groups in total. The predicted molar refractivity (Wildman–Crippen MR) is 96.8 cm³/mol. The van der Waals surface area contributed by atoms with Crippen LogP contribution in [0.1, 0.15) is 16.3 Å². The summed E-state index contributed by atoms with van der Waals surface area (Å²) in [7, 11) is 0. The van der Waals surface area contributed by atoms with Gasteiger partial charge in [0, 0.05) is 11.1 Å². The maximum atomic E-state index is 13.0. The number of carbonyl (C=O) groups is 2. The lowest BCUT2D eigenvalue weighted by Crippen LogP contribution is -2.47. The van der Waals surface area contributed by atoms with Gasteiger partial charge >= 0.3 is 0 Å². The van der Waals surface area contributed by atoms with E-state index in [4.69, 9.17) is 0 Å². The van der Waals surface area contributed by atoms with Crippen molar-refractivity contribution in [3.8, 4) is 0 Å². The summed E-state index contributed by atoms with van der Waals surface area (Å²) in [4.78, 5) is 30.9. The molecule has 5 nitrogen and oxygen atoms in total. The van der Waals surface area contributed by atoms with Crippen molar-refractivity contribution in [1.29, 1.82) is 0 Å². The zero-order chi connectivity index (χ0) is 17.8. The number of benzene rings is 1. The molecule has 0 spiro atoms. The maximum absolute atomic E-state index is 13.0. The van der Waals surface area contributed by atoms with Gasteiger partial charge in [0.25, 0.3) is 0 Å². The Hall–Kier alpha value is -1.93. The molecule has 1 aromatic heterocycles. The average Bonchev–Trinajstić information content (AvgIpc) is 3.23. The fraction of sp³-hybridized carbons (Fsp3) is 0.353. The van der Waals surface area contributed by atoms with Crippen LogP contribution in [0.2, 0.25) is 0 Å². The Morgan fingerprint density at radius 3 is 2.80 bits per heavy atom. The lowest BCUT2D eigenvalue weighted by Gasteiger charge is -2.23. The number of carbonyl (C=O) groups excluding carboxylic acids is 2. The molecule has 1 atom stereocenters. The van der Waals surface area contributed by atoms with Crippen molar-refractivity contribution < 1.29 is 14.0 Å². The number of thiazole rings is 1. The Labute approximate surface area is 153 Å². The highest BCUT2D eigenvalue weighted by atomic mass is 32.2. The molecule has 0 radical (unpaired) electrons. The zero-order valence-corrected chi connectivity index (χ0v) is 15.3. The van der Waals surface area contributed by atoms with Crippen molar-refractivity contribution in [1.82, 2.24) is 15.2 Å². The first-order chi connectivity index (χ1) is 12.0. The van der Waals surface area contributed by atoms with Crippen LogP contribution in [0.3, 0.4) is 0 Å². The first-order valence-electron chi connectivity index (χ1n) is 7.83. The summed E-state index contributed by atoms with van der Waals surface area (Å²) in [6.45, 7) is 2.28. The van der Waals surface area contributed by atoms with Crippen molar-refractivity contribution in [2.75, 3.05) is 11.6 Å². The molecule has 0 aliphatic carbocycles. The normalized spacial score (nSPS) is 16.9. The van der Waals surface area contributed by atoms with Crippen LogP contribution < -0.4 is 5.32 Å². The van der Waals surface area contributed by atoms with Crippen molar-refractivity contribution in [3.05, 3.63) is 51.7 Å². The van der Waals surface area contributed by atoms with Gasteiger partial charge in [-0.3, -0.25) is 9.59 Å². The van der Waals surface area contributed by atoms with Gasteiger partial charge in [-0.15, -0.1) is 23.1 Å². The third-order valence-electron chi connectivity index (χ3n) is 3.88. The molecule has 1 aliphatic rings. The molecule has 0 bridgehead atoms. The molecule has 1 aromatic carbocycles. The highest BCUT2D eigenvalue weighted by molar-refractivity contribution is 7.99. The van der Waals surface area contributed by atoms with E-state index in [1.54, 1.807) is 28.8 Å². The molecule has 1 fully saturated rings. The molecule has 2 amide bonds. The van der Waals surface area contributed by atoms with Gasteiger partial charge in [0.15, 0.2) is 0 Å². The van der Waals surface area contributed by atoms with Gasteiger partial charge in [-0.05, 0) is 24.6 Å². The Balaban J connectivity index is 1.58. The van der Waals surface area contributed by atoms with Crippen LogP contribution in [0.4, 0.5) is 4.39 Å². The standard InChI is InChI=1S/C17H18FN3O2S2/c1-11-20-14(8-25-11)7-19-17(23)15-9-24-10-21(15)16(22)6-12-2-4-13(18)5-3-12/h2-5,8,15H,6-7,9-10H2,1H3,(H,19,23)/t15-/m1/s1. The highest BCUT2D eigenvalue weighted by Gasteiger charge is 2.34. The van der Waals surface area contributed by atoms with Gasteiger partial charge in [0.2, 0.25) is 11.8 Å². The van der Waals surface area contributed by atoms with Crippen LogP contribution in [-0.4, -0.2) is 39.4 Å². The van der Waals surface area contributed by atoms with Gasteiger partial charge in [-0.2, -0.15) is 0 Å². The molecule has 0 saturated carbocycles. The van der Waals surface area contributed by atoms with Crippen molar-refractivity contribution in [2.45, 2.75) is 25.9 Å². The van der Waals surface area contributed by atoms with E-state index in [9.17, 15) is 14.0 Å². The lowest BCUT2D eigenvalue weighted by molar-refractivity contribution is -0.137. The first-order valence-corrected chi connectivity index (χ1v) is 9.87. The van der Waals surface area contributed by atoms with Crippen LogP contribution >= 0.6 is 23.1 Å². The third-order valence-corrected chi connectivity index (χ3v) is 5.72. The molecule has 0 unspecified atom stereocenters. The highest BCUT2D eigenvalue weighted by Crippen LogP contribution is 2.22. The Morgan fingerprint density at radius 1 is 1.36 bits per heavy atom. The fourth-order valence-electron chi connectivity index (χ4n) is 2.57. The van der Waals surface area contributed by atoms with E-state index in [0.29, 0.717) is 18.2 Å². The smallest absolute Gasteiger partial charge is 0.244 e. The fourth-order valence-corrected chi connectivity index (χ4v) is 4.36. The van der Waals surface area contributed by atoms with E-state index in [-0.39, 0.29) is 24.1 Å². The molecule has 1 saturated heterocycles. The van der Waals surface area contributed by atoms with Gasteiger partial charge in [-0.1, -0.05) is 12.1 Å². The van der Waals surface area contributed by atoms with Crippen LogP contribution in [0.25, 0.3) is 0 Å². The number of nitrogens with one attached hydrogen (secondary N) is 1. The summed E-state index contributed by atoms with van der Waals surface area (Å²) in [6, 6.07) is 5.38. The lowest BCUT2D eigenvalue weighted by atomic mass is 10.1. The van der Waals surface area contributed by atoms with E-state index in [1.807, 2.05) is 12.3 Å². The molecular formula is C17H18FN3O2S2. The minimum absolute atomic E-state index is 0.124. The number of halogens is 1. The van der Waals surface area contributed by atoms with E-state index in [2.05, 4.69) is 10.3 Å². The van der Waals surface area contributed by atoms with Gasteiger partial charge in [0.1, 0.15) is 11.9 Å². The average molecular weight is 379 g/mol. The van der Waals surface area contributed by atoms with Crippen molar-refractivity contribution in [3.63, 3.8) is 0 Å². The van der Waals surface area contributed by atoms with E-state index >= 15 is 0 Å². The van der Waals surface area contributed by atoms with Gasteiger partial charge in [0.05, 0.1) is 29.5 Å². The summed E-state index contributed by atoms with van der Waals surface area (Å²) < 4.78 is 13.0. The number of hydrogen-bond donors (Lipinski definition) is 1. The van der Waals surface area contributed by atoms with Crippen molar-refractivity contribution >= 4 is 34.9 Å². The van der Waals surface area contributed by atoms with E-state index in [0.717, 1.165) is 16.3 Å². The molecule has 25 heavy (non-hydrogen) atoms. The number of rotatable bonds is 5. The van der Waals surface area contributed by atoms with Crippen LogP contribution in [-0.2, 0) is 22.6 Å². The van der Waals surface area contributed by atoms with E-state index < -0.39 is 6.04 Å². The largest absolute Gasteiger partial charge is 0.349 e. The Bertz CT molecular complexity index is 764. The summed E-state index contributed by atoms with van der Waals surface area (Å²) in [5.74, 6) is 0.456. The molecular weight excluding hydrogens is 361 g/mol. The molecule has 132 valence electrons. The maximum Gasteiger partial charge on any atom is 0.244 e. The van der Waals surface area contributed by atoms with E-state index in [1.165, 1.54) is 23.5 Å². The number of nitrogens with zero attached hydrogens (tertiary/aromatic N) is 2. The number of aryl methyl sites for hydroxylation is 1. The molecule has 8 heteroatoms. The topological polar surface area (TPSA) is 62.3 Å². The predicted octanol–water partition coefficient (Wildman–Crippen LogP) is 2.35. The summed E-state index contributed by atoms with van der Waals surface area (Å²) in [5.41, 5.74) is 1.56. The number of amides is 2. The Morgan fingerprint density at radius 2 is 2.12 bits per heavy atom. The van der Waals surface area contributed by atoms with Crippen molar-refractivity contribution in [2.24, 2.45) is 0 Å². The third kappa shape index (κ3) is 4.58. The van der Waals surface area contributed by atoms with Crippen LogP contribution in [0.15, 0.2) is 29.6 Å². The second kappa shape index (κ2) is 7.97. The van der Waals surface area contributed by atoms with Crippen LogP contribution in [0, 0.1) is 12.7 Å². The summed E-state index contributed by atoms with van der Waals surface area (Å²) in [6.07, 6.45) is 0.163.